The van der Waals surface area contributed by atoms with Gasteiger partial charge < -0.3 is 16.8 Å². The first kappa shape index (κ1) is 11.4. The molecular formula is C11H17N3O. The van der Waals surface area contributed by atoms with Crippen LogP contribution in [0.3, 0.4) is 0 Å². The summed E-state index contributed by atoms with van der Waals surface area (Å²) < 4.78 is 0. The van der Waals surface area contributed by atoms with Crippen LogP contribution in [0.4, 0.5) is 17.1 Å². The Morgan fingerprint density at radius 2 is 1.87 bits per heavy atom. The molecular weight excluding hydrogens is 190 g/mol. The van der Waals surface area contributed by atoms with Crippen molar-refractivity contribution in [1.82, 2.24) is 0 Å². The van der Waals surface area contributed by atoms with Gasteiger partial charge in [0.2, 0.25) is 5.91 Å². The molecule has 0 aliphatic heterocycles. The number of hydrogen-bond acceptors (Lipinski definition) is 3. The van der Waals surface area contributed by atoms with Gasteiger partial charge in [0.05, 0.1) is 0 Å². The molecule has 4 heteroatoms. The van der Waals surface area contributed by atoms with E-state index in [0.717, 1.165) is 12.8 Å². The highest BCUT2D eigenvalue weighted by Crippen LogP contribution is 2.18. The highest BCUT2D eigenvalue weighted by atomic mass is 16.1. The monoisotopic (exact) mass is 207 g/mol. The van der Waals surface area contributed by atoms with Gasteiger partial charge >= 0.3 is 0 Å². The number of nitrogens with one attached hydrogen (secondary N) is 1. The fourth-order valence-electron chi connectivity index (χ4n) is 1.31. The minimum absolute atomic E-state index is 0.00171. The van der Waals surface area contributed by atoms with E-state index in [1.54, 1.807) is 18.2 Å². The molecule has 4 nitrogen and oxygen atoms in total. The number of carbonyl (C=O) groups excluding carboxylic acids is 1. The second-order valence-corrected chi connectivity index (χ2v) is 3.54. The van der Waals surface area contributed by atoms with Gasteiger partial charge in [0, 0.05) is 23.5 Å². The Bertz CT molecular complexity index is 329. The molecule has 0 heterocycles. The van der Waals surface area contributed by atoms with Crippen LogP contribution < -0.4 is 16.8 Å². The minimum atomic E-state index is 0.00171. The van der Waals surface area contributed by atoms with Crippen molar-refractivity contribution >= 4 is 23.0 Å². The van der Waals surface area contributed by atoms with Crippen LogP contribution in [0.2, 0.25) is 0 Å². The first-order chi connectivity index (χ1) is 7.11. The Kier molecular flexibility index (Phi) is 3.97. The van der Waals surface area contributed by atoms with Crippen molar-refractivity contribution in [2.75, 3.05) is 16.8 Å². The Morgan fingerprint density at radius 3 is 2.40 bits per heavy atom. The van der Waals surface area contributed by atoms with Gasteiger partial charge in [0.25, 0.3) is 0 Å². The molecule has 0 aliphatic carbocycles. The number of benzene rings is 1. The summed E-state index contributed by atoms with van der Waals surface area (Å²) in [7, 11) is 0. The first-order valence-electron chi connectivity index (χ1n) is 5.07. The molecule has 1 amide bonds. The zero-order valence-electron chi connectivity index (χ0n) is 8.92. The lowest BCUT2D eigenvalue weighted by molar-refractivity contribution is -0.116. The third-order valence-corrected chi connectivity index (χ3v) is 2.02. The first-order valence-corrected chi connectivity index (χ1v) is 5.07. The molecule has 0 aromatic heterocycles. The Hall–Kier alpha value is -1.71. The SMILES string of the molecule is CCCCC(=O)Nc1cc(N)cc(N)c1. The zero-order valence-corrected chi connectivity index (χ0v) is 8.92. The Labute approximate surface area is 89.6 Å². The number of carbonyl (C=O) groups is 1. The van der Waals surface area contributed by atoms with Crippen molar-refractivity contribution in [1.29, 1.82) is 0 Å². The summed E-state index contributed by atoms with van der Waals surface area (Å²) in [4.78, 5) is 11.4. The van der Waals surface area contributed by atoms with E-state index in [0.29, 0.717) is 23.5 Å². The van der Waals surface area contributed by atoms with Crippen LogP contribution in [0, 0.1) is 0 Å². The number of hydrogen-bond donors (Lipinski definition) is 3. The molecule has 1 rings (SSSR count). The summed E-state index contributed by atoms with van der Waals surface area (Å²) >= 11 is 0. The number of rotatable bonds is 4. The van der Waals surface area contributed by atoms with Crippen LogP contribution in [0.5, 0.6) is 0 Å². The number of unbranched alkanes of at least 4 members (excludes halogenated alkanes) is 1. The minimum Gasteiger partial charge on any atom is -0.399 e. The molecule has 0 bridgehead atoms. The van der Waals surface area contributed by atoms with Crippen LogP contribution >= 0.6 is 0 Å². The molecule has 0 aliphatic rings. The van der Waals surface area contributed by atoms with Crippen LogP contribution in [-0.2, 0) is 4.79 Å². The number of anilines is 3. The quantitative estimate of drug-likeness (QED) is 0.660. The lowest BCUT2D eigenvalue weighted by Crippen LogP contribution is -2.11. The van der Waals surface area contributed by atoms with Crippen LogP contribution in [-0.4, -0.2) is 5.91 Å². The third kappa shape index (κ3) is 3.89. The van der Waals surface area contributed by atoms with E-state index in [1.165, 1.54) is 0 Å². The van der Waals surface area contributed by atoms with Crippen molar-refractivity contribution in [3.8, 4) is 0 Å². The van der Waals surface area contributed by atoms with E-state index in [1.807, 2.05) is 6.92 Å². The van der Waals surface area contributed by atoms with Crippen LogP contribution in [0.1, 0.15) is 26.2 Å². The molecule has 0 saturated carbocycles. The van der Waals surface area contributed by atoms with Gasteiger partial charge in [-0.3, -0.25) is 4.79 Å². The number of amides is 1. The van der Waals surface area contributed by atoms with Crippen LogP contribution in [0.15, 0.2) is 18.2 Å². The predicted octanol–water partition coefficient (Wildman–Crippen LogP) is 1.98. The van der Waals surface area contributed by atoms with E-state index in [-0.39, 0.29) is 5.91 Å². The summed E-state index contributed by atoms with van der Waals surface area (Å²) in [5, 5.41) is 2.76. The molecule has 1 aromatic carbocycles. The molecule has 82 valence electrons. The fraction of sp³-hybridized carbons (Fsp3) is 0.364. The number of nitrogen functional groups attached to an aromatic ring is 2. The van der Waals surface area contributed by atoms with Gasteiger partial charge in [-0.05, 0) is 24.6 Å². The van der Waals surface area contributed by atoms with E-state index in [4.69, 9.17) is 11.5 Å². The molecule has 0 spiro atoms. The van der Waals surface area contributed by atoms with Gasteiger partial charge in [0.1, 0.15) is 0 Å². The average Bonchev–Trinajstić information content (AvgIpc) is 2.13. The van der Waals surface area contributed by atoms with Crippen molar-refractivity contribution in [3.63, 3.8) is 0 Å². The summed E-state index contributed by atoms with van der Waals surface area (Å²) in [6.45, 7) is 2.05. The summed E-state index contributed by atoms with van der Waals surface area (Å²) in [5.74, 6) is 0.00171. The highest BCUT2D eigenvalue weighted by Gasteiger charge is 2.02. The van der Waals surface area contributed by atoms with Gasteiger partial charge in [-0.15, -0.1) is 0 Å². The Morgan fingerprint density at radius 1 is 1.27 bits per heavy atom. The van der Waals surface area contributed by atoms with Crippen molar-refractivity contribution in [2.24, 2.45) is 0 Å². The summed E-state index contributed by atoms with van der Waals surface area (Å²) in [6, 6.07) is 5.04. The van der Waals surface area contributed by atoms with E-state index in [9.17, 15) is 4.79 Å². The molecule has 1 aromatic rings. The van der Waals surface area contributed by atoms with Crippen LogP contribution in [0.25, 0.3) is 0 Å². The van der Waals surface area contributed by atoms with E-state index < -0.39 is 0 Å². The van der Waals surface area contributed by atoms with Crippen molar-refractivity contribution in [2.45, 2.75) is 26.2 Å². The molecule has 0 fully saturated rings. The van der Waals surface area contributed by atoms with E-state index in [2.05, 4.69) is 5.32 Å². The lowest BCUT2D eigenvalue weighted by atomic mass is 10.2. The number of nitrogens with two attached hydrogens (primary N) is 2. The molecule has 0 saturated heterocycles. The van der Waals surface area contributed by atoms with Gasteiger partial charge in [-0.2, -0.15) is 0 Å². The lowest BCUT2D eigenvalue weighted by Gasteiger charge is -2.06. The van der Waals surface area contributed by atoms with Gasteiger partial charge in [-0.1, -0.05) is 13.3 Å². The van der Waals surface area contributed by atoms with Gasteiger partial charge in [0.15, 0.2) is 0 Å². The highest BCUT2D eigenvalue weighted by molar-refractivity contribution is 5.91. The maximum atomic E-state index is 11.4. The molecule has 0 atom stereocenters. The summed E-state index contributed by atoms with van der Waals surface area (Å²) in [5.41, 5.74) is 13.0. The topological polar surface area (TPSA) is 81.1 Å². The molecule has 0 unspecified atom stereocenters. The van der Waals surface area contributed by atoms with Gasteiger partial charge in [-0.25, -0.2) is 0 Å². The molecule has 15 heavy (non-hydrogen) atoms. The largest absolute Gasteiger partial charge is 0.399 e. The maximum absolute atomic E-state index is 11.4. The maximum Gasteiger partial charge on any atom is 0.224 e. The smallest absolute Gasteiger partial charge is 0.224 e. The molecule has 0 radical (unpaired) electrons. The summed E-state index contributed by atoms with van der Waals surface area (Å²) in [6.07, 6.45) is 2.43. The third-order valence-electron chi connectivity index (χ3n) is 2.02. The molecule has 5 N–H and O–H groups in total. The zero-order chi connectivity index (χ0) is 11.3. The second-order valence-electron chi connectivity index (χ2n) is 3.54. The van der Waals surface area contributed by atoms with Crippen molar-refractivity contribution < 1.29 is 4.79 Å². The Balaban J connectivity index is 2.60. The predicted molar refractivity (Wildman–Crippen MR) is 63.4 cm³/mol. The van der Waals surface area contributed by atoms with Crippen molar-refractivity contribution in [3.05, 3.63) is 18.2 Å². The average molecular weight is 207 g/mol. The standard InChI is InChI=1S/C11H17N3O/c1-2-3-4-11(15)14-10-6-8(12)5-9(13)7-10/h5-7H,2-4,12-13H2,1H3,(H,14,15). The van der Waals surface area contributed by atoms with E-state index >= 15 is 0 Å². The second kappa shape index (κ2) is 5.24. The fourth-order valence-corrected chi connectivity index (χ4v) is 1.31. The normalized spacial score (nSPS) is 9.93.